The van der Waals surface area contributed by atoms with Crippen LogP contribution in [0, 0.1) is 5.92 Å². The Labute approximate surface area is 229 Å². The summed E-state index contributed by atoms with van der Waals surface area (Å²) in [6.07, 6.45) is -2.63. The van der Waals surface area contributed by atoms with Gasteiger partial charge in [-0.15, -0.1) is 0 Å². The summed E-state index contributed by atoms with van der Waals surface area (Å²) in [6.45, 7) is 3.57. The van der Waals surface area contributed by atoms with E-state index in [0.717, 1.165) is 22.5 Å². The minimum atomic E-state index is -4.69. The largest absolute Gasteiger partial charge is 0.480 e. The second-order valence-corrected chi connectivity index (χ2v) is 10.7. The van der Waals surface area contributed by atoms with E-state index in [9.17, 15) is 27.9 Å². The molecular formula is C26H33F3N2O5S2. The number of thioether (sulfide) groups is 1. The first-order valence-corrected chi connectivity index (χ1v) is 14.0. The predicted octanol–water partition coefficient (Wildman–Crippen LogP) is 5.87. The van der Waals surface area contributed by atoms with Gasteiger partial charge in [-0.05, 0) is 59.6 Å². The number of carboxylic acid groups (broad SMARTS) is 1. The van der Waals surface area contributed by atoms with E-state index < -0.39 is 36.2 Å². The number of amides is 1. The lowest BCUT2D eigenvalue weighted by Gasteiger charge is -2.29. The molecule has 0 saturated heterocycles. The molecule has 2 aromatic carbocycles. The summed E-state index contributed by atoms with van der Waals surface area (Å²) in [7, 11) is 1.39. The van der Waals surface area contributed by atoms with Crippen LogP contribution in [0.2, 0.25) is 0 Å². The van der Waals surface area contributed by atoms with Crippen LogP contribution in [0.3, 0.4) is 0 Å². The van der Waals surface area contributed by atoms with Gasteiger partial charge in [-0.3, -0.25) is 10.1 Å². The quantitative estimate of drug-likeness (QED) is 0.138. The van der Waals surface area contributed by atoms with E-state index >= 15 is 0 Å². The van der Waals surface area contributed by atoms with Crippen molar-refractivity contribution in [3.05, 3.63) is 54.1 Å². The lowest BCUT2D eigenvalue weighted by molar-refractivity contribution is -0.161. The summed E-state index contributed by atoms with van der Waals surface area (Å²) in [4.78, 5) is 29.9. The third kappa shape index (κ3) is 10.1. The van der Waals surface area contributed by atoms with Gasteiger partial charge in [-0.2, -0.15) is 29.3 Å². The predicted molar refractivity (Wildman–Crippen MR) is 144 cm³/mol. The van der Waals surface area contributed by atoms with Gasteiger partial charge in [0.05, 0.1) is 25.2 Å². The Morgan fingerprint density at radius 3 is 2.05 bits per heavy atom. The van der Waals surface area contributed by atoms with E-state index in [0.29, 0.717) is 11.3 Å². The molecule has 3 atom stereocenters. The maximum Gasteiger partial charge on any atom is 0.407 e. The maximum atomic E-state index is 14.2. The third-order valence-corrected chi connectivity index (χ3v) is 6.89. The molecule has 0 fully saturated rings. The van der Waals surface area contributed by atoms with E-state index in [2.05, 4.69) is 15.5 Å². The van der Waals surface area contributed by atoms with E-state index in [1.807, 2.05) is 12.1 Å². The Hall–Kier alpha value is -2.25. The lowest BCUT2D eigenvalue weighted by Crippen LogP contribution is -2.53. The van der Waals surface area contributed by atoms with Crippen molar-refractivity contribution in [3.8, 4) is 11.1 Å². The van der Waals surface area contributed by atoms with Crippen molar-refractivity contribution >= 4 is 35.7 Å². The summed E-state index contributed by atoms with van der Waals surface area (Å²) in [5.74, 6) is -1.62. The van der Waals surface area contributed by atoms with Crippen LogP contribution in [-0.4, -0.2) is 54.4 Å². The van der Waals surface area contributed by atoms with Gasteiger partial charge in [0.25, 0.3) is 0 Å². The van der Waals surface area contributed by atoms with Gasteiger partial charge >= 0.3 is 12.1 Å². The number of carbonyl (C=O) groups excluding carboxylic acids is 1. The Bertz CT molecular complexity index is 1020. The number of rotatable bonds is 15. The summed E-state index contributed by atoms with van der Waals surface area (Å²) < 4.78 is 47.3. The highest BCUT2D eigenvalue weighted by Gasteiger charge is 2.43. The second kappa shape index (κ2) is 15.4. The second-order valence-electron chi connectivity index (χ2n) is 8.97. The first kappa shape index (κ1) is 32.0. The van der Waals surface area contributed by atoms with Crippen molar-refractivity contribution < 1.29 is 37.1 Å². The molecule has 0 bridgehead atoms. The van der Waals surface area contributed by atoms with Crippen molar-refractivity contribution in [2.75, 3.05) is 19.1 Å². The average molecular weight is 575 g/mol. The first-order chi connectivity index (χ1) is 18.0. The van der Waals surface area contributed by atoms with Crippen LogP contribution in [0.5, 0.6) is 0 Å². The molecule has 0 heterocycles. The molecule has 1 amide bonds. The van der Waals surface area contributed by atoms with Crippen LogP contribution in [0.4, 0.5) is 13.2 Å². The smallest absolute Gasteiger partial charge is 0.407 e. The summed E-state index contributed by atoms with van der Waals surface area (Å²) in [6, 6.07) is 8.61. The molecule has 210 valence electrons. The first-order valence-electron chi connectivity index (χ1n) is 11.9. The molecule has 0 spiro atoms. The molecule has 3 N–H and O–H groups in total. The Morgan fingerprint density at radius 1 is 1.00 bits per heavy atom. The molecule has 0 radical (unpaired) electrons. The van der Waals surface area contributed by atoms with Crippen molar-refractivity contribution in [1.29, 1.82) is 0 Å². The molecular weight excluding hydrogens is 541 g/mol. The Balaban J connectivity index is 2.25. The van der Waals surface area contributed by atoms with Crippen LogP contribution in [0.25, 0.3) is 11.1 Å². The van der Waals surface area contributed by atoms with Crippen LogP contribution in [-0.2, 0) is 18.8 Å². The fraction of sp³-hybridized carbons (Fsp3) is 0.462. The van der Waals surface area contributed by atoms with Gasteiger partial charge in [-0.25, -0.2) is 9.68 Å². The van der Waals surface area contributed by atoms with Crippen molar-refractivity contribution in [2.45, 2.75) is 55.9 Å². The minimum Gasteiger partial charge on any atom is -0.480 e. The Morgan fingerprint density at radius 2 is 1.58 bits per heavy atom. The normalized spacial score (nSPS) is 14.2. The van der Waals surface area contributed by atoms with Gasteiger partial charge in [0.1, 0.15) is 12.1 Å². The molecule has 2 rings (SSSR count). The van der Waals surface area contributed by atoms with Crippen LogP contribution in [0.1, 0.15) is 38.3 Å². The maximum absolute atomic E-state index is 14.2. The monoisotopic (exact) mass is 574 g/mol. The SMILES string of the molecule is COOSc1ccc(-c2ccc([C@H](N[C@@H](CC(C)C)C(=O)N[C@@H](CCSC)C(=O)O)C(F)(F)F)cc2)cc1. The number of halogens is 3. The van der Waals surface area contributed by atoms with E-state index in [-0.39, 0.29) is 24.3 Å². The van der Waals surface area contributed by atoms with E-state index in [4.69, 9.17) is 4.33 Å². The number of carbonyl (C=O) groups is 2. The summed E-state index contributed by atoms with van der Waals surface area (Å²) in [5.41, 5.74) is 1.46. The van der Waals surface area contributed by atoms with Gasteiger partial charge < -0.3 is 10.4 Å². The van der Waals surface area contributed by atoms with Crippen molar-refractivity contribution in [3.63, 3.8) is 0 Å². The van der Waals surface area contributed by atoms with E-state index in [1.54, 1.807) is 44.4 Å². The highest BCUT2D eigenvalue weighted by molar-refractivity contribution is 7.98. The molecule has 7 nitrogen and oxygen atoms in total. The zero-order valence-corrected chi connectivity index (χ0v) is 23.2. The molecule has 0 saturated carbocycles. The molecule has 12 heteroatoms. The molecule has 0 aliphatic carbocycles. The van der Waals surface area contributed by atoms with Gasteiger partial charge in [-0.1, -0.05) is 50.2 Å². The molecule has 2 aromatic rings. The fourth-order valence-electron chi connectivity index (χ4n) is 3.71. The number of alkyl halides is 3. The zero-order valence-electron chi connectivity index (χ0n) is 21.6. The fourth-order valence-corrected chi connectivity index (χ4v) is 4.58. The molecule has 0 aliphatic rings. The van der Waals surface area contributed by atoms with Crippen LogP contribution in [0.15, 0.2) is 53.4 Å². The zero-order chi connectivity index (χ0) is 28.3. The minimum absolute atomic E-state index is 0.0550. The molecule has 0 unspecified atom stereocenters. The number of nitrogens with one attached hydrogen (secondary N) is 2. The highest BCUT2D eigenvalue weighted by Crippen LogP contribution is 2.35. The average Bonchev–Trinajstić information content (AvgIpc) is 2.87. The third-order valence-electron chi connectivity index (χ3n) is 5.57. The number of benzene rings is 2. The highest BCUT2D eigenvalue weighted by atomic mass is 32.2. The van der Waals surface area contributed by atoms with Gasteiger partial charge in [0, 0.05) is 4.90 Å². The Kier molecular flexibility index (Phi) is 12.9. The lowest BCUT2D eigenvalue weighted by atomic mass is 9.97. The number of aliphatic carboxylic acids is 1. The number of carboxylic acids is 1. The summed E-state index contributed by atoms with van der Waals surface area (Å²) in [5, 5.41) is 14.3. The molecule has 0 aromatic heterocycles. The number of hydrogen-bond acceptors (Lipinski definition) is 7. The van der Waals surface area contributed by atoms with E-state index in [1.165, 1.54) is 31.0 Å². The van der Waals surface area contributed by atoms with Crippen LogP contribution >= 0.6 is 23.8 Å². The van der Waals surface area contributed by atoms with Crippen molar-refractivity contribution in [2.24, 2.45) is 5.92 Å². The van der Waals surface area contributed by atoms with Gasteiger partial charge in [0.2, 0.25) is 5.91 Å². The van der Waals surface area contributed by atoms with Crippen molar-refractivity contribution in [1.82, 2.24) is 10.6 Å². The summed E-state index contributed by atoms with van der Waals surface area (Å²) >= 11 is 2.45. The standard InChI is InChI=1S/C26H33F3N2O5S2/c1-16(2)15-22(24(32)31-21(25(33)34)13-14-37-4)30-23(26(27,28)29)19-7-5-17(6-8-19)18-9-11-20(12-10-18)38-36-35-3/h5-12,16,21-23,30H,13-15H2,1-4H3,(H,31,32)(H,33,34)/t21-,22-,23-/m0/s1. The molecule has 0 aliphatic heterocycles. The van der Waals surface area contributed by atoms with Crippen LogP contribution < -0.4 is 10.6 Å². The van der Waals surface area contributed by atoms with Gasteiger partial charge in [0.15, 0.2) is 0 Å². The topological polar surface area (TPSA) is 96.9 Å². The number of hydrogen-bond donors (Lipinski definition) is 3. The molecule has 38 heavy (non-hydrogen) atoms.